The lowest BCUT2D eigenvalue weighted by atomic mass is 9.84. The van der Waals surface area contributed by atoms with Gasteiger partial charge in [-0.15, -0.1) is 0 Å². The molecule has 0 aliphatic carbocycles. The lowest BCUT2D eigenvalue weighted by Gasteiger charge is -2.48. The van der Waals surface area contributed by atoms with Gasteiger partial charge in [0, 0.05) is 23.2 Å². The monoisotopic (exact) mass is 756 g/mol. The topological polar surface area (TPSA) is 243 Å². The fraction of sp³-hybridized carbons (Fsp3) is 0.256. The van der Waals surface area contributed by atoms with Crippen LogP contribution in [0, 0.1) is 13.8 Å². The van der Waals surface area contributed by atoms with Crippen LogP contribution in [0.4, 0.5) is 0 Å². The molecular weight excluding hydrogens is 720 g/mol. The van der Waals surface area contributed by atoms with E-state index in [1.165, 1.54) is 41.3 Å². The first-order valence-corrected chi connectivity index (χ1v) is 17.0. The average Bonchev–Trinajstić information content (AvgIpc) is 3.75. The van der Waals surface area contributed by atoms with Crippen molar-refractivity contribution in [2.45, 2.75) is 50.2 Å². The van der Waals surface area contributed by atoms with Crippen molar-refractivity contribution in [1.29, 1.82) is 0 Å². The van der Waals surface area contributed by atoms with E-state index in [9.17, 15) is 39.9 Å². The van der Waals surface area contributed by atoms with Crippen LogP contribution in [-0.4, -0.2) is 102 Å². The predicted molar refractivity (Wildman–Crippen MR) is 193 cm³/mol. The zero-order chi connectivity index (χ0) is 39.2. The highest BCUT2D eigenvalue weighted by atomic mass is 16.8. The third-order valence-electron chi connectivity index (χ3n) is 9.41. The van der Waals surface area contributed by atoms with Crippen LogP contribution in [0.1, 0.15) is 11.1 Å². The van der Waals surface area contributed by atoms with E-state index in [4.69, 9.17) is 28.6 Å². The summed E-state index contributed by atoms with van der Waals surface area (Å²) in [5.41, 5.74) is 1.71. The lowest BCUT2D eigenvalue weighted by Crippen LogP contribution is -2.72. The minimum atomic E-state index is -2.59. The van der Waals surface area contributed by atoms with Crippen LogP contribution in [0.5, 0.6) is 11.5 Å². The van der Waals surface area contributed by atoms with Gasteiger partial charge in [0.25, 0.3) is 0 Å². The molecular formula is C39H36N2O14. The first kappa shape index (κ1) is 37.2. The quantitative estimate of drug-likeness (QED) is 0.0742. The molecule has 0 saturated carbocycles. The van der Waals surface area contributed by atoms with Crippen molar-refractivity contribution in [3.05, 3.63) is 107 Å². The SMILES string of the molecule is Cc1cc(C)cc(-c2c3[nH]ccc3cn2O[C@@H]2[C@@H](Oc3ccc4c(=O)c(-c5ccc(O)cc5)coc4c3)O[C@@H](COC(=O)[C@H](O)C(=O)O)[C@H](O)[C@]2(O)CO)c1. The van der Waals surface area contributed by atoms with Gasteiger partial charge in [-0.05, 0) is 61.9 Å². The van der Waals surface area contributed by atoms with Crippen LogP contribution >= 0.6 is 0 Å². The van der Waals surface area contributed by atoms with Gasteiger partial charge in [0.1, 0.15) is 47.9 Å². The van der Waals surface area contributed by atoms with E-state index in [1.807, 2.05) is 32.0 Å². The number of carboxylic acids is 1. The van der Waals surface area contributed by atoms with Crippen LogP contribution in [-0.2, 0) is 19.1 Å². The summed E-state index contributed by atoms with van der Waals surface area (Å²) in [5, 5.41) is 63.3. The molecule has 16 nitrogen and oxygen atoms in total. The number of esters is 1. The van der Waals surface area contributed by atoms with Crippen molar-refractivity contribution in [3.63, 3.8) is 0 Å². The number of aromatic nitrogens is 2. The normalized spacial score (nSPS) is 21.7. The molecule has 1 saturated heterocycles. The van der Waals surface area contributed by atoms with Gasteiger partial charge in [-0.1, -0.05) is 29.3 Å². The summed E-state index contributed by atoms with van der Waals surface area (Å²) in [6.07, 6.45) is -5.05. The molecule has 3 aromatic heterocycles. The van der Waals surface area contributed by atoms with Crippen molar-refractivity contribution in [3.8, 4) is 33.9 Å². The number of rotatable bonds is 11. The van der Waals surface area contributed by atoms with E-state index < -0.39 is 61.5 Å². The van der Waals surface area contributed by atoms with Crippen LogP contribution in [0.2, 0.25) is 0 Å². The summed E-state index contributed by atoms with van der Waals surface area (Å²) in [5.74, 6) is -3.40. The van der Waals surface area contributed by atoms with E-state index in [1.54, 1.807) is 30.6 Å². The highest BCUT2D eigenvalue weighted by Gasteiger charge is 2.59. The van der Waals surface area contributed by atoms with Crippen molar-refractivity contribution < 1.29 is 63.7 Å². The molecule has 0 radical (unpaired) electrons. The smallest absolute Gasteiger partial charge is 0.346 e. The Labute approximate surface area is 310 Å². The van der Waals surface area contributed by atoms with Crippen molar-refractivity contribution in [2.75, 3.05) is 13.2 Å². The third kappa shape index (κ3) is 7.00. The minimum Gasteiger partial charge on any atom is -0.508 e. The number of benzene rings is 3. The summed E-state index contributed by atoms with van der Waals surface area (Å²) >= 11 is 0. The zero-order valence-corrected chi connectivity index (χ0v) is 29.3. The number of aryl methyl sites for hydroxylation is 2. The average molecular weight is 757 g/mol. The van der Waals surface area contributed by atoms with Gasteiger partial charge in [-0.2, -0.15) is 4.73 Å². The molecule has 0 amide bonds. The molecule has 6 atom stereocenters. The van der Waals surface area contributed by atoms with Gasteiger partial charge in [0.2, 0.25) is 18.5 Å². The Balaban J connectivity index is 1.27. The molecule has 286 valence electrons. The van der Waals surface area contributed by atoms with Gasteiger partial charge in [0.05, 0.1) is 29.3 Å². The summed E-state index contributed by atoms with van der Waals surface area (Å²) in [6.45, 7) is 1.85. The summed E-state index contributed by atoms with van der Waals surface area (Å²) in [4.78, 5) is 46.3. The molecule has 4 heterocycles. The Kier molecular flexibility index (Phi) is 9.85. The Bertz CT molecular complexity index is 2430. The second kappa shape index (κ2) is 14.6. The number of phenolic OH excluding ortho intramolecular Hbond substituents is 1. The second-order valence-corrected chi connectivity index (χ2v) is 13.3. The number of H-pyrrole nitrogens is 1. The molecule has 16 heteroatoms. The van der Waals surface area contributed by atoms with Crippen LogP contribution < -0.4 is 15.0 Å². The molecule has 6 aromatic rings. The fourth-order valence-corrected chi connectivity index (χ4v) is 6.67. The highest BCUT2D eigenvalue weighted by Crippen LogP contribution is 2.36. The standard InChI is InChI=1S/C39H36N2O14/c1-19-11-20(2)13-23(12-19)31-30-22(9-10-40-30)15-41(31)55-35-38(54-29(34(46)39(35,50)18-42)17-52-37(49)33(45)36(47)48)53-25-7-8-26-28(14-25)51-16-27(32(26)44)21-3-5-24(43)6-4-21/h3-16,29,33-35,38,40,42-43,45-46,50H,17-18H2,1-2H3,(H,47,48)/t29-,33+,34-,35+,38-,39+/m0/s1. The van der Waals surface area contributed by atoms with Crippen LogP contribution in [0.15, 0.2) is 94.6 Å². The van der Waals surface area contributed by atoms with Gasteiger partial charge < -0.3 is 59.1 Å². The maximum Gasteiger partial charge on any atom is 0.346 e. The van der Waals surface area contributed by atoms with Crippen molar-refractivity contribution in [1.82, 2.24) is 9.71 Å². The largest absolute Gasteiger partial charge is 0.508 e. The number of aliphatic carboxylic acids is 1. The molecule has 1 aliphatic heterocycles. The Hall–Kier alpha value is -6.17. The molecule has 0 spiro atoms. The van der Waals surface area contributed by atoms with Crippen LogP contribution in [0.25, 0.3) is 44.3 Å². The zero-order valence-electron chi connectivity index (χ0n) is 29.3. The number of hydrogen-bond donors (Lipinski definition) is 7. The molecule has 1 aliphatic rings. The second-order valence-electron chi connectivity index (χ2n) is 13.3. The lowest BCUT2D eigenvalue weighted by molar-refractivity contribution is -0.328. The van der Waals surface area contributed by atoms with Crippen LogP contribution in [0.3, 0.4) is 0 Å². The van der Waals surface area contributed by atoms with E-state index in [-0.39, 0.29) is 33.5 Å². The number of carboxylic acid groups (broad SMARTS) is 1. The molecule has 0 unspecified atom stereocenters. The third-order valence-corrected chi connectivity index (χ3v) is 9.41. The van der Waals surface area contributed by atoms with Gasteiger partial charge >= 0.3 is 11.9 Å². The molecule has 1 fully saturated rings. The predicted octanol–water partition coefficient (Wildman–Crippen LogP) is 2.41. The molecule has 3 aromatic carbocycles. The number of nitrogens with one attached hydrogen (secondary N) is 1. The maximum atomic E-state index is 13.4. The maximum absolute atomic E-state index is 13.4. The van der Waals surface area contributed by atoms with E-state index in [0.717, 1.165) is 22.1 Å². The molecule has 55 heavy (non-hydrogen) atoms. The molecule has 7 rings (SSSR count). The van der Waals surface area contributed by atoms with E-state index >= 15 is 0 Å². The number of aliphatic hydroxyl groups excluding tert-OH is 3. The van der Waals surface area contributed by atoms with Gasteiger partial charge in [-0.3, -0.25) is 4.79 Å². The highest BCUT2D eigenvalue weighted by molar-refractivity contribution is 5.96. The van der Waals surface area contributed by atoms with E-state index in [0.29, 0.717) is 16.8 Å². The fourth-order valence-electron chi connectivity index (χ4n) is 6.67. The Morgan fingerprint density at radius 1 is 1.02 bits per heavy atom. The van der Waals surface area contributed by atoms with Gasteiger partial charge in [0.15, 0.2) is 11.0 Å². The molecule has 0 bridgehead atoms. The summed E-state index contributed by atoms with van der Waals surface area (Å²) in [6, 6.07) is 17.9. The summed E-state index contributed by atoms with van der Waals surface area (Å²) < 4.78 is 24.3. The number of ether oxygens (including phenoxy) is 3. The number of aliphatic hydroxyl groups is 4. The first-order valence-electron chi connectivity index (χ1n) is 17.0. The minimum absolute atomic E-state index is 0.0227. The number of carbonyl (C=O) groups excluding carboxylic acids is 1. The van der Waals surface area contributed by atoms with Crippen molar-refractivity contribution in [2.24, 2.45) is 0 Å². The van der Waals surface area contributed by atoms with Gasteiger partial charge in [-0.25, -0.2) is 9.59 Å². The number of nitrogens with zero attached hydrogens (tertiary/aromatic N) is 1. The molecule has 7 N–H and O–H groups in total. The number of aromatic hydroxyl groups is 1. The summed E-state index contributed by atoms with van der Waals surface area (Å²) in [7, 11) is 0. The number of fused-ring (bicyclic) bond motifs is 2. The number of aromatic amines is 1. The van der Waals surface area contributed by atoms with Crippen molar-refractivity contribution >= 4 is 33.8 Å². The number of carbonyl (C=O) groups is 2. The first-order chi connectivity index (χ1) is 26.3. The van der Waals surface area contributed by atoms with E-state index in [2.05, 4.69) is 4.98 Å². The number of hydrogen-bond acceptors (Lipinski definition) is 13. The Morgan fingerprint density at radius 3 is 2.44 bits per heavy atom. The Morgan fingerprint density at radius 2 is 1.75 bits per heavy atom. The number of phenols is 1.